The maximum Gasteiger partial charge on any atom is 0.273 e. The van der Waals surface area contributed by atoms with Gasteiger partial charge in [-0.05, 0) is 25.1 Å². The van der Waals surface area contributed by atoms with Crippen LogP contribution in [0.1, 0.15) is 16.2 Å². The van der Waals surface area contributed by atoms with Gasteiger partial charge in [0.1, 0.15) is 11.5 Å². The maximum absolute atomic E-state index is 13.8. The number of aliphatic hydroxyl groups excluding tert-OH is 1. The molecule has 0 unspecified atom stereocenters. The highest BCUT2D eigenvalue weighted by Crippen LogP contribution is 2.19. The van der Waals surface area contributed by atoms with Crippen molar-refractivity contribution in [3.8, 4) is 5.69 Å². The average Bonchev–Trinajstić information content (AvgIpc) is 2.78. The van der Waals surface area contributed by atoms with Gasteiger partial charge in [0, 0.05) is 11.6 Å². The zero-order valence-corrected chi connectivity index (χ0v) is 11.4. The van der Waals surface area contributed by atoms with E-state index in [2.05, 4.69) is 15.6 Å². The third-order valence-corrected chi connectivity index (χ3v) is 2.88. The van der Waals surface area contributed by atoms with E-state index in [0.717, 1.165) is 6.07 Å². The second kappa shape index (κ2) is 5.98. The summed E-state index contributed by atoms with van der Waals surface area (Å²) in [5, 5.41) is 18.9. The summed E-state index contributed by atoms with van der Waals surface area (Å²) in [5.74, 6) is -1.04. The summed E-state index contributed by atoms with van der Waals surface area (Å²) in [6, 6.07) is 4.13. The van der Waals surface area contributed by atoms with Crippen LogP contribution in [0.2, 0.25) is 5.02 Å². The summed E-state index contributed by atoms with van der Waals surface area (Å²) in [7, 11) is 0. The molecule has 1 heterocycles. The molecule has 2 rings (SSSR count). The number of benzene rings is 1. The van der Waals surface area contributed by atoms with Crippen molar-refractivity contribution in [3.05, 3.63) is 40.4 Å². The van der Waals surface area contributed by atoms with E-state index in [4.69, 9.17) is 16.7 Å². The number of hydrogen-bond acceptors (Lipinski definition) is 4. The quantitative estimate of drug-likeness (QED) is 0.885. The van der Waals surface area contributed by atoms with Gasteiger partial charge >= 0.3 is 0 Å². The highest BCUT2D eigenvalue weighted by molar-refractivity contribution is 6.30. The molecule has 0 radical (unpaired) electrons. The van der Waals surface area contributed by atoms with Gasteiger partial charge in [0.05, 0.1) is 12.3 Å². The lowest BCUT2D eigenvalue weighted by Gasteiger charge is -2.05. The average molecular weight is 299 g/mol. The van der Waals surface area contributed by atoms with Crippen LogP contribution < -0.4 is 5.32 Å². The molecule has 1 amide bonds. The van der Waals surface area contributed by atoms with Crippen LogP contribution in [0.4, 0.5) is 4.39 Å². The largest absolute Gasteiger partial charge is 0.395 e. The first kappa shape index (κ1) is 14.4. The van der Waals surface area contributed by atoms with Crippen molar-refractivity contribution in [2.24, 2.45) is 0 Å². The Bertz CT molecular complexity index is 644. The molecule has 1 aromatic heterocycles. The Morgan fingerprint density at radius 1 is 1.55 bits per heavy atom. The molecule has 8 heteroatoms. The number of aromatic nitrogens is 3. The second-order valence-electron chi connectivity index (χ2n) is 4.01. The summed E-state index contributed by atoms with van der Waals surface area (Å²) in [4.78, 5) is 11.8. The lowest BCUT2D eigenvalue weighted by molar-refractivity contribution is 0.0939. The Labute approximate surface area is 119 Å². The minimum absolute atomic E-state index is 0.0767. The van der Waals surface area contributed by atoms with Gasteiger partial charge in [-0.3, -0.25) is 4.79 Å². The summed E-state index contributed by atoms with van der Waals surface area (Å²) in [5.41, 5.74) is 0.620. The minimum atomic E-state index is -0.562. The van der Waals surface area contributed by atoms with Gasteiger partial charge in [0.15, 0.2) is 5.69 Å². The molecule has 1 aromatic carbocycles. The predicted octanol–water partition coefficient (Wildman–Crippen LogP) is 1.09. The van der Waals surface area contributed by atoms with Gasteiger partial charge in [0.25, 0.3) is 5.91 Å². The van der Waals surface area contributed by atoms with E-state index in [1.54, 1.807) is 6.92 Å². The van der Waals surface area contributed by atoms with E-state index in [1.165, 1.54) is 16.8 Å². The van der Waals surface area contributed by atoms with E-state index in [0.29, 0.717) is 5.69 Å². The van der Waals surface area contributed by atoms with Crippen LogP contribution in [0.25, 0.3) is 5.69 Å². The molecule has 0 fully saturated rings. The predicted molar refractivity (Wildman–Crippen MR) is 70.5 cm³/mol. The minimum Gasteiger partial charge on any atom is -0.395 e. The van der Waals surface area contributed by atoms with E-state index in [-0.39, 0.29) is 29.6 Å². The molecule has 0 saturated carbocycles. The van der Waals surface area contributed by atoms with Crippen LogP contribution >= 0.6 is 11.6 Å². The van der Waals surface area contributed by atoms with Crippen molar-refractivity contribution in [3.63, 3.8) is 0 Å². The lowest BCUT2D eigenvalue weighted by atomic mass is 10.2. The number of halogens is 2. The van der Waals surface area contributed by atoms with Crippen molar-refractivity contribution >= 4 is 17.5 Å². The Balaban J connectivity index is 2.35. The molecular formula is C12H12ClFN4O2. The number of carbonyl (C=O) groups excluding carboxylic acids is 1. The smallest absolute Gasteiger partial charge is 0.273 e. The zero-order valence-electron chi connectivity index (χ0n) is 10.6. The summed E-state index contributed by atoms with van der Waals surface area (Å²) in [6.07, 6.45) is 0. The first-order valence-electron chi connectivity index (χ1n) is 5.81. The van der Waals surface area contributed by atoms with E-state index < -0.39 is 11.7 Å². The number of aliphatic hydroxyl groups is 1. The molecule has 0 atom stereocenters. The van der Waals surface area contributed by atoms with Gasteiger partial charge in [0.2, 0.25) is 0 Å². The zero-order chi connectivity index (χ0) is 14.7. The molecular weight excluding hydrogens is 287 g/mol. The number of nitrogens with one attached hydrogen (secondary N) is 1. The second-order valence-corrected chi connectivity index (χ2v) is 4.45. The van der Waals surface area contributed by atoms with Crippen molar-refractivity contribution in [1.82, 2.24) is 20.3 Å². The van der Waals surface area contributed by atoms with Crippen LogP contribution in [-0.2, 0) is 0 Å². The van der Waals surface area contributed by atoms with Gasteiger partial charge < -0.3 is 10.4 Å². The van der Waals surface area contributed by atoms with Crippen molar-refractivity contribution in [2.45, 2.75) is 6.92 Å². The van der Waals surface area contributed by atoms with E-state index in [1.807, 2.05) is 0 Å². The number of carbonyl (C=O) groups is 1. The lowest BCUT2D eigenvalue weighted by Crippen LogP contribution is -2.27. The van der Waals surface area contributed by atoms with E-state index in [9.17, 15) is 9.18 Å². The molecule has 0 aliphatic heterocycles. The fourth-order valence-corrected chi connectivity index (χ4v) is 1.83. The molecule has 2 aromatic rings. The number of rotatable bonds is 4. The monoisotopic (exact) mass is 298 g/mol. The van der Waals surface area contributed by atoms with Gasteiger partial charge in [-0.15, -0.1) is 5.10 Å². The van der Waals surface area contributed by atoms with Crippen molar-refractivity contribution < 1.29 is 14.3 Å². The summed E-state index contributed by atoms with van der Waals surface area (Å²) >= 11 is 5.68. The van der Waals surface area contributed by atoms with Gasteiger partial charge in [-0.2, -0.15) is 0 Å². The van der Waals surface area contributed by atoms with E-state index >= 15 is 0 Å². The fourth-order valence-electron chi connectivity index (χ4n) is 1.67. The third-order valence-electron chi connectivity index (χ3n) is 2.64. The highest BCUT2D eigenvalue weighted by Gasteiger charge is 2.18. The molecule has 0 aliphatic carbocycles. The fraction of sp³-hybridized carbons (Fsp3) is 0.250. The van der Waals surface area contributed by atoms with Crippen LogP contribution in [0.15, 0.2) is 18.2 Å². The van der Waals surface area contributed by atoms with Gasteiger partial charge in [-0.25, -0.2) is 9.07 Å². The Hall–Kier alpha value is -1.99. The number of amides is 1. The summed E-state index contributed by atoms with van der Waals surface area (Å²) < 4.78 is 15.0. The molecule has 0 spiro atoms. The topological polar surface area (TPSA) is 80.0 Å². The molecule has 0 bridgehead atoms. The Morgan fingerprint density at radius 2 is 2.30 bits per heavy atom. The van der Waals surface area contributed by atoms with Gasteiger partial charge in [-0.1, -0.05) is 16.8 Å². The molecule has 6 nitrogen and oxygen atoms in total. The van der Waals surface area contributed by atoms with Crippen molar-refractivity contribution in [1.29, 1.82) is 0 Å². The third kappa shape index (κ3) is 2.78. The highest BCUT2D eigenvalue weighted by atomic mass is 35.5. The standard InChI is InChI=1S/C12H12ClFN4O2/c1-7-11(12(20)15-4-5-19)16-17-18(7)10-3-2-8(13)6-9(10)14/h2-3,6,19H,4-5H2,1H3,(H,15,20). The normalized spacial score (nSPS) is 10.6. The van der Waals surface area contributed by atoms with Crippen LogP contribution in [0, 0.1) is 12.7 Å². The van der Waals surface area contributed by atoms with Crippen LogP contribution in [0.3, 0.4) is 0 Å². The Morgan fingerprint density at radius 3 is 2.95 bits per heavy atom. The first-order valence-corrected chi connectivity index (χ1v) is 6.19. The number of nitrogens with zero attached hydrogens (tertiary/aromatic N) is 3. The number of hydrogen-bond donors (Lipinski definition) is 2. The Kier molecular flexibility index (Phi) is 4.31. The molecule has 20 heavy (non-hydrogen) atoms. The molecule has 0 saturated heterocycles. The maximum atomic E-state index is 13.8. The first-order chi connectivity index (χ1) is 9.54. The molecule has 0 aliphatic rings. The summed E-state index contributed by atoms with van der Waals surface area (Å²) in [6.45, 7) is 1.53. The molecule has 2 N–H and O–H groups in total. The van der Waals surface area contributed by atoms with Crippen molar-refractivity contribution in [2.75, 3.05) is 13.2 Å². The van der Waals surface area contributed by atoms with Crippen LogP contribution in [0.5, 0.6) is 0 Å². The SMILES string of the molecule is Cc1c(C(=O)NCCO)nnn1-c1ccc(Cl)cc1F. The molecule has 106 valence electrons. The van der Waals surface area contributed by atoms with Crippen LogP contribution in [-0.4, -0.2) is 39.2 Å².